The van der Waals surface area contributed by atoms with Crippen molar-refractivity contribution in [3.05, 3.63) is 65.2 Å². The molecular formula is C17H16O5. The first-order valence-corrected chi connectivity index (χ1v) is 6.69. The molecule has 0 aliphatic carbocycles. The highest BCUT2D eigenvalue weighted by Gasteiger charge is 2.08. The number of methoxy groups -OCH3 is 1. The summed E-state index contributed by atoms with van der Waals surface area (Å²) in [4.78, 5) is 22.5. The Morgan fingerprint density at radius 2 is 1.55 bits per heavy atom. The molecule has 5 nitrogen and oxygen atoms in total. The molecule has 0 amide bonds. The number of carboxylic acid groups (broad SMARTS) is 1. The number of carbonyl (C=O) groups excluding carboxylic acids is 1. The van der Waals surface area contributed by atoms with Crippen molar-refractivity contribution in [1.82, 2.24) is 0 Å². The predicted octanol–water partition coefficient (Wildman–Crippen LogP) is 2.68. The number of benzene rings is 2. The van der Waals surface area contributed by atoms with Crippen LogP contribution in [0.3, 0.4) is 0 Å². The van der Waals surface area contributed by atoms with Gasteiger partial charge >= 0.3 is 11.9 Å². The number of carboxylic acids is 1. The number of aliphatic carboxylic acids is 1. The van der Waals surface area contributed by atoms with Crippen molar-refractivity contribution in [3.8, 4) is 5.75 Å². The zero-order valence-corrected chi connectivity index (χ0v) is 12.1. The van der Waals surface area contributed by atoms with Crippen LogP contribution in [0.2, 0.25) is 0 Å². The van der Waals surface area contributed by atoms with Crippen molar-refractivity contribution < 1.29 is 24.2 Å². The first-order valence-electron chi connectivity index (χ1n) is 6.69. The highest BCUT2D eigenvalue weighted by molar-refractivity contribution is 5.89. The molecule has 2 aromatic rings. The van der Waals surface area contributed by atoms with Gasteiger partial charge in [0.2, 0.25) is 0 Å². The van der Waals surface area contributed by atoms with E-state index >= 15 is 0 Å². The maximum atomic E-state index is 11.9. The Morgan fingerprint density at radius 1 is 0.955 bits per heavy atom. The van der Waals surface area contributed by atoms with Crippen molar-refractivity contribution in [3.63, 3.8) is 0 Å². The molecule has 0 fully saturated rings. The molecule has 0 unspecified atom stereocenters. The Morgan fingerprint density at radius 3 is 2.09 bits per heavy atom. The molecule has 0 bridgehead atoms. The second-order valence-electron chi connectivity index (χ2n) is 4.69. The molecule has 0 saturated carbocycles. The summed E-state index contributed by atoms with van der Waals surface area (Å²) >= 11 is 0. The summed E-state index contributed by atoms with van der Waals surface area (Å²) in [7, 11) is 1.59. The standard InChI is InChI=1S/C17H16O5/c1-21-15-8-4-13(5-9-15)11-22-17(20)14-6-2-12(3-7-14)10-16(18)19/h2-9H,10-11H2,1H3,(H,18,19). The SMILES string of the molecule is COc1ccc(COC(=O)c2ccc(CC(=O)O)cc2)cc1. The van der Waals surface area contributed by atoms with Crippen molar-refractivity contribution in [2.75, 3.05) is 7.11 Å². The Bertz CT molecular complexity index is 644. The normalized spacial score (nSPS) is 10.0. The molecule has 0 heterocycles. The highest BCUT2D eigenvalue weighted by Crippen LogP contribution is 2.13. The maximum absolute atomic E-state index is 11.9. The van der Waals surface area contributed by atoms with E-state index in [4.69, 9.17) is 14.6 Å². The molecule has 2 aromatic carbocycles. The Labute approximate surface area is 128 Å². The van der Waals surface area contributed by atoms with E-state index in [2.05, 4.69) is 0 Å². The second-order valence-corrected chi connectivity index (χ2v) is 4.69. The predicted molar refractivity (Wildman–Crippen MR) is 79.9 cm³/mol. The van der Waals surface area contributed by atoms with E-state index in [0.29, 0.717) is 11.1 Å². The molecule has 0 aliphatic heterocycles. The fourth-order valence-corrected chi connectivity index (χ4v) is 1.89. The summed E-state index contributed by atoms with van der Waals surface area (Å²) < 4.78 is 10.3. The third kappa shape index (κ3) is 4.34. The van der Waals surface area contributed by atoms with E-state index in [1.54, 1.807) is 43.5 Å². The van der Waals surface area contributed by atoms with E-state index in [1.165, 1.54) is 0 Å². The zero-order valence-electron chi connectivity index (χ0n) is 12.1. The fourth-order valence-electron chi connectivity index (χ4n) is 1.89. The van der Waals surface area contributed by atoms with Crippen LogP contribution in [0.15, 0.2) is 48.5 Å². The number of hydrogen-bond donors (Lipinski definition) is 1. The molecule has 0 saturated heterocycles. The summed E-state index contributed by atoms with van der Waals surface area (Å²) in [6, 6.07) is 13.6. The van der Waals surface area contributed by atoms with Crippen LogP contribution in [0.5, 0.6) is 5.75 Å². The number of carbonyl (C=O) groups is 2. The van der Waals surface area contributed by atoms with Gasteiger partial charge in [-0.1, -0.05) is 24.3 Å². The summed E-state index contributed by atoms with van der Waals surface area (Å²) in [6.45, 7) is 0.166. The lowest BCUT2D eigenvalue weighted by Gasteiger charge is -2.06. The van der Waals surface area contributed by atoms with Gasteiger partial charge in [-0.05, 0) is 35.4 Å². The third-order valence-corrected chi connectivity index (χ3v) is 3.07. The third-order valence-electron chi connectivity index (χ3n) is 3.07. The first-order chi connectivity index (χ1) is 10.6. The van der Waals surface area contributed by atoms with Crippen LogP contribution < -0.4 is 4.74 Å². The molecule has 114 valence electrons. The van der Waals surface area contributed by atoms with Gasteiger partial charge in [-0.15, -0.1) is 0 Å². The smallest absolute Gasteiger partial charge is 0.338 e. The highest BCUT2D eigenvalue weighted by atomic mass is 16.5. The summed E-state index contributed by atoms with van der Waals surface area (Å²) in [5, 5.41) is 8.69. The number of ether oxygens (including phenoxy) is 2. The van der Waals surface area contributed by atoms with Gasteiger partial charge in [0, 0.05) is 0 Å². The van der Waals surface area contributed by atoms with Crippen LogP contribution in [0, 0.1) is 0 Å². The lowest BCUT2D eigenvalue weighted by molar-refractivity contribution is -0.136. The molecule has 0 radical (unpaired) electrons. The monoisotopic (exact) mass is 300 g/mol. The molecule has 0 atom stereocenters. The minimum Gasteiger partial charge on any atom is -0.497 e. The zero-order chi connectivity index (χ0) is 15.9. The van der Waals surface area contributed by atoms with Gasteiger partial charge in [-0.25, -0.2) is 4.79 Å². The lowest BCUT2D eigenvalue weighted by Crippen LogP contribution is -2.06. The fraction of sp³-hybridized carbons (Fsp3) is 0.176. The van der Waals surface area contributed by atoms with Crippen molar-refractivity contribution in [1.29, 1.82) is 0 Å². The average molecular weight is 300 g/mol. The molecule has 2 rings (SSSR count). The van der Waals surface area contributed by atoms with Gasteiger partial charge in [0.25, 0.3) is 0 Å². The van der Waals surface area contributed by atoms with E-state index in [1.807, 2.05) is 12.1 Å². The van der Waals surface area contributed by atoms with Gasteiger partial charge in [-0.2, -0.15) is 0 Å². The first kappa shape index (κ1) is 15.6. The minimum absolute atomic E-state index is 0.0683. The summed E-state index contributed by atoms with van der Waals surface area (Å²) in [5.41, 5.74) is 1.89. The molecule has 0 aliphatic rings. The Balaban J connectivity index is 1.92. The van der Waals surface area contributed by atoms with Gasteiger partial charge in [-0.3, -0.25) is 4.79 Å². The summed E-state index contributed by atoms with van der Waals surface area (Å²) in [5.74, 6) is -0.614. The van der Waals surface area contributed by atoms with E-state index < -0.39 is 11.9 Å². The van der Waals surface area contributed by atoms with Crippen LogP contribution in [0.4, 0.5) is 0 Å². The maximum Gasteiger partial charge on any atom is 0.338 e. The molecule has 1 N–H and O–H groups in total. The Hall–Kier alpha value is -2.82. The number of hydrogen-bond acceptors (Lipinski definition) is 4. The van der Waals surface area contributed by atoms with Gasteiger partial charge in [0.1, 0.15) is 12.4 Å². The minimum atomic E-state index is -0.908. The van der Waals surface area contributed by atoms with Crippen LogP contribution in [-0.4, -0.2) is 24.2 Å². The lowest BCUT2D eigenvalue weighted by atomic mass is 10.1. The number of rotatable bonds is 6. The topological polar surface area (TPSA) is 72.8 Å². The molecule has 0 aromatic heterocycles. The van der Waals surface area contributed by atoms with Gasteiger partial charge in [0.15, 0.2) is 0 Å². The van der Waals surface area contributed by atoms with Crippen molar-refractivity contribution >= 4 is 11.9 Å². The van der Waals surface area contributed by atoms with Gasteiger partial charge in [0.05, 0.1) is 19.1 Å². The summed E-state index contributed by atoms with van der Waals surface area (Å²) in [6.07, 6.45) is -0.0683. The Kier molecular flexibility index (Phi) is 5.14. The molecule has 0 spiro atoms. The quantitative estimate of drug-likeness (QED) is 0.830. The largest absolute Gasteiger partial charge is 0.497 e. The average Bonchev–Trinajstić information content (AvgIpc) is 2.53. The second kappa shape index (κ2) is 7.26. The molecular weight excluding hydrogens is 284 g/mol. The molecule has 5 heteroatoms. The van der Waals surface area contributed by atoms with Crippen molar-refractivity contribution in [2.24, 2.45) is 0 Å². The van der Waals surface area contributed by atoms with Crippen LogP contribution >= 0.6 is 0 Å². The number of esters is 1. The molecule has 22 heavy (non-hydrogen) atoms. The van der Waals surface area contributed by atoms with Crippen LogP contribution in [0.1, 0.15) is 21.5 Å². The van der Waals surface area contributed by atoms with Crippen molar-refractivity contribution in [2.45, 2.75) is 13.0 Å². The van der Waals surface area contributed by atoms with Gasteiger partial charge < -0.3 is 14.6 Å². The van der Waals surface area contributed by atoms with E-state index in [9.17, 15) is 9.59 Å². The van der Waals surface area contributed by atoms with E-state index in [0.717, 1.165) is 11.3 Å². The van der Waals surface area contributed by atoms with Crippen LogP contribution in [0.25, 0.3) is 0 Å². The van der Waals surface area contributed by atoms with Crippen LogP contribution in [-0.2, 0) is 22.6 Å². The van der Waals surface area contributed by atoms with E-state index in [-0.39, 0.29) is 13.0 Å².